The molecule has 0 aromatic heterocycles. The molecule has 0 aliphatic carbocycles. The molecule has 1 atom stereocenters. The van der Waals surface area contributed by atoms with Crippen molar-refractivity contribution in [3.8, 4) is 35.0 Å². The lowest BCUT2D eigenvalue weighted by Gasteiger charge is -2.16. The molecule has 3 aromatic rings. The molecule has 6 heteroatoms. The molecule has 0 saturated heterocycles. The van der Waals surface area contributed by atoms with Crippen LogP contribution in [0, 0.1) is 12.3 Å². The number of para-hydroxylation sites is 1. The molecule has 3 aromatic carbocycles. The molecular weight excluding hydrogens is 402 g/mol. The Morgan fingerprint density at radius 2 is 1.87 bits per heavy atom. The number of aliphatic hydroxyl groups is 1. The van der Waals surface area contributed by atoms with E-state index in [1.807, 2.05) is 18.2 Å². The average molecular weight is 422 g/mol. The lowest BCUT2D eigenvalue weighted by Crippen LogP contribution is -2.21. The zero-order valence-electron chi connectivity index (χ0n) is 16.3. The SMILES string of the molecule is C#CCOc1ccc(-c2ccccc2NC(=O)C(O)c2ccc(Cl)cc2)cc1OC. The molecule has 3 rings (SSSR count). The zero-order valence-corrected chi connectivity index (χ0v) is 17.0. The van der Waals surface area contributed by atoms with E-state index in [1.54, 1.807) is 48.5 Å². The number of terminal acetylenes is 1. The maximum Gasteiger partial charge on any atom is 0.257 e. The van der Waals surface area contributed by atoms with Gasteiger partial charge in [0.05, 0.1) is 7.11 Å². The summed E-state index contributed by atoms with van der Waals surface area (Å²) in [4.78, 5) is 12.6. The third kappa shape index (κ3) is 4.93. The zero-order chi connectivity index (χ0) is 21.5. The Kier molecular flexibility index (Phi) is 6.97. The summed E-state index contributed by atoms with van der Waals surface area (Å²) in [5, 5.41) is 13.7. The van der Waals surface area contributed by atoms with Gasteiger partial charge in [-0.05, 0) is 41.5 Å². The fourth-order valence-electron chi connectivity index (χ4n) is 2.92. The second kappa shape index (κ2) is 9.84. The summed E-state index contributed by atoms with van der Waals surface area (Å²) in [5.74, 6) is 2.91. The van der Waals surface area contributed by atoms with E-state index in [0.717, 1.165) is 11.1 Å². The van der Waals surface area contributed by atoms with Crippen molar-refractivity contribution in [2.75, 3.05) is 19.0 Å². The number of anilines is 1. The number of hydrogen-bond acceptors (Lipinski definition) is 4. The van der Waals surface area contributed by atoms with E-state index in [1.165, 1.54) is 7.11 Å². The molecule has 0 saturated carbocycles. The first-order valence-electron chi connectivity index (χ1n) is 9.11. The maximum absolute atomic E-state index is 12.6. The van der Waals surface area contributed by atoms with Crippen LogP contribution in [0.25, 0.3) is 11.1 Å². The van der Waals surface area contributed by atoms with Gasteiger partial charge in [-0.1, -0.05) is 53.9 Å². The Morgan fingerprint density at radius 1 is 1.13 bits per heavy atom. The van der Waals surface area contributed by atoms with Gasteiger partial charge in [-0.15, -0.1) is 6.42 Å². The number of aliphatic hydroxyl groups excluding tert-OH is 1. The monoisotopic (exact) mass is 421 g/mol. The van der Waals surface area contributed by atoms with Gasteiger partial charge in [0, 0.05) is 16.3 Å². The summed E-state index contributed by atoms with van der Waals surface area (Å²) in [6.07, 6.45) is 3.92. The van der Waals surface area contributed by atoms with Gasteiger partial charge < -0.3 is 19.9 Å². The van der Waals surface area contributed by atoms with Crippen LogP contribution in [-0.2, 0) is 4.79 Å². The van der Waals surface area contributed by atoms with Crippen LogP contribution in [0.1, 0.15) is 11.7 Å². The Morgan fingerprint density at radius 3 is 2.57 bits per heavy atom. The second-order valence-electron chi connectivity index (χ2n) is 6.35. The van der Waals surface area contributed by atoms with Gasteiger partial charge in [0.2, 0.25) is 0 Å². The number of halogens is 1. The predicted octanol–water partition coefficient (Wildman–Crippen LogP) is 4.70. The average Bonchev–Trinajstić information content (AvgIpc) is 2.78. The van der Waals surface area contributed by atoms with E-state index in [2.05, 4.69) is 11.2 Å². The van der Waals surface area contributed by atoms with Crippen LogP contribution >= 0.6 is 11.6 Å². The molecule has 0 radical (unpaired) electrons. The van der Waals surface area contributed by atoms with Crippen molar-refractivity contribution < 1.29 is 19.4 Å². The van der Waals surface area contributed by atoms with Crippen LogP contribution in [-0.4, -0.2) is 24.7 Å². The van der Waals surface area contributed by atoms with Gasteiger partial charge in [-0.3, -0.25) is 4.79 Å². The van der Waals surface area contributed by atoms with Crippen LogP contribution in [0.3, 0.4) is 0 Å². The minimum atomic E-state index is -1.33. The van der Waals surface area contributed by atoms with E-state index in [0.29, 0.717) is 27.8 Å². The molecule has 0 aliphatic rings. The first-order valence-corrected chi connectivity index (χ1v) is 9.49. The molecule has 0 aliphatic heterocycles. The highest BCUT2D eigenvalue weighted by Gasteiger charge is 2.19. The van der Waals surface area contributed by atoms with Gasteiger partial charge in [0.25, 0.3) is 5.91 Å². The summed E-state index contributed by atoms with van der Waals surface area (Å²) in [6.45, 7) is 0.130. The van der Waals surface area contributed by atoms with Gasteiger partial charge in [0.15, 0.2) is 17.6 Å². The van der Waals surface area contributed by atoms with E-state index in [9.17, 15) is 9.90 Å². The molecule has 2 N–H and O–H groups in total. The molecule has 1 amide bonds. The Labute approximate surface area is 180 Å². The number of nitrogens with one attached hydrogen (secondary N) is 1. The molecule has 0 fully saturated rings. The van der Waals surface area contributed by atoms with Crippen LogP contribution in [0.15, 0.2) is 66.7 Å². The van der Waals surface area contributed by atoms with E-state index in [4.69, 9.17) is 27.5 Å². The number of carbonyl (C=O) groups is 1. The largest absolute Gasteiger partial charge is 0.493 e. The fourth-order valence-corrected chi connectivity index (χ4v) is 3.04. The lowest BCUT2D eigenvalue weighted by atomic mass is 10.0. The first-order chi connectivity index (χ1) is 14.5. The smallest absolute Gasteiger partial charge is 0.257 e. The van der Waals surface area contributed by atoms with Crippen LogP contribution in [0.5, 0.6) is 11.5 Å². The number of rotatable bonds is 7. The van der Waals surface area contributed by atoms with E-state index < -0.39 is 12.0 Å². The number of amides is 1. The highest BCUT2D eigenvalue weighted by atomic mass is 35.5. The van der Waals surface area contributed by atoms with Crippen molar-refractivity contribution in [2.45, 2.75) is 6.10 Å². The predicted molar refractivity (Wildman–Crippen MR) is 118 cm³/mol. The third-order valence-corrected chi connectivity index (χ3v) is 4.66. The molecule has 1 unspecified atom stereocenters. The summed E-state index contributed by atoms with van der Waals surface area (Å²) >= 11 is 5.87. The Hall–Kier alpha value is -3.46. The van der Waals surface area contributed by atoms with Crippen molar-refractivity contribution in [1.29, 1.82) is 0 Å². The molecule has 0 bridgehead atoms. The Balaban J connectivity index is 1.86. The minimum absolute atomic E-state index is 0.130. The molecule has 152 valence electrons. The van der Waals surface area contributed by atoms with Crippen molar-refractivity contribution in [2.24, 2.45) is 0 Å². The molecule has 0 heterocycles. The molecular formula is C24H20ClNO4. The fraction of sp³-hybridized carbons (Fsp3) is 0.125. The third-order valence-electron chi connectivity index (χ3n) is 4.40. The molecule has 5 nitrogen and oxygen atoms in total. The number of ether oxygens (including phenoxy) is 2. The normalized spacial score (nSPS) is 11.3. The van der Waals surface area contributed by atoms with Gasteiger partial charge in [-0.2, -0.15) is 0 Å². The topological polar surface area (TPSA) is 67.8 Å². The first kappa shape index (κ1) is 21.3. The van der Waals surface area contributed by atoms with E-state index in [-0.39, 0.29) is 6.61 Å². The van der Waals surface area contributed by atoms with Crippen molar-refractivity contribution in [3.63, 3.8) is 0 Å². The highest BCUT2D eigenvalue weighted by molar-refractivity contribution is 6.30. The molecule has 30 heavy (non-hydrogen) atoms. The summed E-state index contributed by atoms with van der Waals surface area (Å²) in [5.41, 5.74) is 2.56. The van der Waals surface area contributed by atoms with Crippen molar-refractivity contribution in [1.82, 2.24) is 0 Å². The maximum atomic E-state index is 12.6. The van der Waals surface area contributed by atoms with Gasteiger partial charge in [0.1, 0.15) is 6.61 Å². The number of methoxy groups -OCH3 is 1. The highest BCUT2D eigenvalue weighted by Crippen LogP contribution is 2.35. The standard InChI is InChI=1S/C24H20ClNO4/c1-3-14-30-21-13-10-17(15-22(21)29-2)19-6-4-5-7-20(19)26-24(28)23(27)16-8-11-18(25)12-9-16/h1,4-13,15,23,27H,14H2,2H3,(H,26,28). The van der Waals surface area contributed by atoms with E-state index >= 15 is 0 Å². The lowest BCUT2D eigenvalue weighted by molar-refractivity contribution is -0.124. The number of hydrogen-bond donors (Lipinski definition) is 2. The van der Waals surface area contributed by atoms with Crippen molar-refractivity contribution >= 4 is 23.2 Å². The summed E-state index contributed by atoms with van der Waals surface area (Å²) < 4.78 is 10.9. The van der Waals surface area contributed by atoms with Crippen molar-refractivity contribution in [3.05, 3.63) is 77.3 Å². The molecule has 0 spiro atoms. The number of carbonyl (C=O) groups excluding carboxylic acids is 1. The summed E-state index contributed by atoms with van der Waals surface area (Å²) in [6, 6.07) is 19.1. The van der Waals surface area contributed by atoms with Crippen LogP contribution < -0.4 is 14.8 Å². The van der Waals surface area contributed by atoms with Gasteiger partial charge in [-0.25, -0.2) is 0 Å². The minimum Gasteiger partial charge on any atom is -0.493 e. The van der Waals surface area contributed by atoms with Crippen LogP contribution in [0.4, 0.5) is 5.69 Å². The quantitative estimate of drug-likeness (QED) is 0.542. The number of benzene rings is 3. The summed E-state index contributed by atoms with van der Waals surface area (Å²) in [7, 11) is 1.54. The second-order valence-corrected chi connectivity index (χ2v) is 6.78. The van der Waals surface area contributed by atoms with Crippen LogP contribution in [0.2, 0.25) is 5.02 Å². The van der Waals surface area contributed by atoms with Gasteiger partial charge >= 0.3 is 0 Å². The Bertz CT molecular complexity index is 1070.